The lowest BCUT2D eigenvalue weighted by molar-refractivity contribution is -0.141. The molecule has 1 fully saturated rings. The molecule has 1 aromatic carbocycles. The molecule has 0 aliphatic carbocycles. The number of alkyl halides is 3. The highest BCUT2D eigenvalue weighted by molar-refractivity contribution is 7.10. The minimum atomic E-state index is -4.72. The van der Waals surface area contributed by atoms with Crippen molar-refractivity contribution in [1.82, 2.24) is 10.2 Å². The molecule has 1 aromatic heterocycles. The Bertz CT molecular complexity index is 655. The van der Waals surface area contributed by atoms with Crippen LogP contribution in [0, 0.1) is 5.82 Å². The molecule has 2 nitrogen and oxygen atoms in total. The Balaban J connectivity index is 0.00000208. The maximum atomic E-state index is 14.0. The highest BCUT2D eigenvalue weighted by Gasteiger charge is 2.40. The molecular weight excluding hydrogens is 364 g/mol. The molecule has 1 saturated heterocycles. The van der Waals surface area contributed by atoms with Gasteiger partial charge in [0.05, 0.1) is 11.6 Å². The maximum absolute atomic E-state index is 14.0. The zero-order valence-electron chi connectivity index (χ0n) is 12.6. The molecule has 1 atom stereocenters. The van der Waals surface area contributed by atoms with Gasteiger partial charge in [-0.1, -0.05) is 18.2 Å². The third-order valence-electron chi connectivity index (χ3n) is 3.95. The van der Waals surface area contributed by atoms with Crippen molar-refractivity contribution in [2.24, 2.45) is 0 Å². The van der Waals surface area contributed by atoms with E-state index in [1.165, 1.54) is 23.5 Å². The Kier molecular flexibility index (Phi) is 6.25. The second-order valence-electron chi connectivity index (χ2n) is 5.41. The van der Waals surface area contributed by atoms with Crippen LogP contribution >= 0.6 is 23.7 Å². The highest BCUT2D eigenvalue weighted by atomic mass is 35.5. The van der Waals surface area contributed by atoms with Gasteiger partial charge in [-0.05, 0) is 23.1 Å². The van der Waals surface area contributed by atoms with Crippen LogP contribution < -0.4 is 5.32 Å². The van der Waals surface area contributed by atoms with E-state index in [2.05, 4.69) is 5.32 Å². The summed E-state index contributed by atoms with van der Waals surface area (Å²) in [6.45, 7) is 2.66. The largest absolute Gasteiger partial charge is 0.419 e. The summed E-state index contributed by atoms with van der Waals surface area (Å²) in [4.78, 5) is 2.77. The van der Waals surface area contributed by atoms with Gasteiger partial charge in [0.25, 0.3) is 0 Å². The summed E-state index contributed by atoms with van der Waals surface area (Å²) >= 11 is 1.39. The first kappa shape index (κ1) is 19.2. The van der Waals surface area contributed by atoms with Crippen molar-refractivity contribution in [3.63, 3.8) is 0 Å². The number of nitrogens with one attached hydrogen (secondary N) is 1. The number of hydrogen-bond donors (Lipinski definition) is 1. The topological polar surface area (TPSA) is 15.3 Å². The molecule has 1 aliphatic heterocycles. The van der Waals surface area contributed by atoms with Gasteiger partial charge in [0.2, 0.25) is 0 Å². The molecular formula is C16H17ClF4N2S. The van der Waals surface area contributed by atoms with Crippen LogP contribution in [-0.4, -0.2) is 31.1 Å². The van der Waals surface area contributed by atoms with Crippen molar-refractivity contribution in [2.45, 2.75) is 12.2 Å². The van der Waals surface area contributed by atoms with E-state index >= 15 is 0 Å². The van der Waals surface area contributed by atoms with E-state index in [1.807, 2.05) is 22.4 Å². The molecule has 8 heteroatoms. The lowest BCUT2D eigenvalue weighted by Gasteiger charge is -2.35. The predicted molar refractivity (Wildman–Crippen MR) is 89.3 cm³/mol. The number of halogens is 5. The van der Waals surface area contributed by atoms with Gasteiger partial charge < -0.3 is 5.32 Å². The van der Waals surface area contributed by atoms with Crippen LogP contribution in [0.5, 0.6) is 0 Å². The van der Waals surface area contributed by atoms with Gasteiger partial charge in [0, 0.05) is 31.1 Å². The van der Waals surface area contributed by atoms with E-state index in [1.54, 1.807) is 0 Å². The van der Waals surface area contributed by atoms with Gasteiger partial charge in [0.15, 0.2) is 0 Å². The first-order valence-electron chi connectivity index (χ1n) is 7.32. The lowest BCUT2D eigenvalue weighted by atomic mass is 9.96. The molecule has 1 aliphatic rings. The number of piperazine rings is 1. The molecule has 0 saturated carbocycles. The summed E-state index contributed by atoms with van der Waals surface area (Å²) in [7, 11) is 0. The molecule has 0 spiro atoms. The Hall–Kier alpha value is -1.15. The molecule has 0 bridgehead atoms. The summed E-state index contributed by atoms with van der Waals surface area (Å²) in [5, 5.41) is 5.02. The van der Waals surface area contributed by atoms with Crippen LogP contribution in [-0.2, 0) is 6.18 Å². The summed E-state index contributed by atoms with van der Waals surface area (Å²) in [6.07, 6.45) is -4.72. The monoisotopic (exact) mass is 380 g/mol. The van der Waals surface area contributed by atoms with Crippen molar-refractivity contribution < 1.29 is 17.6 Å². The van der Waals surface area contributed by atoms with E-state index in [9.17, 15) is 17.6 Å². The maximum Gasteiger partial charge on any atom is 0.419 e. The van der Waals surface area contributed by atoms with Crippen LogP contribution in [0.1, 0.15) is 22.0 Å². The van der Waals surface area contributed by atoms with Gasteiger partial charge >= 0.3 is 6.18 Å². The number of thiophene rings is 1. The van der Waals surface area contributed by atoms with E-state index in [0.717, 1.165) is 10.9 Å². The van der Waals surface area contributed by atoms with Crippen molar-refractivity contribution in [3.05, 3.63) is 57.5 Å². The average Bonchev–Trinajstić information content (AvgIpc) is 3.01. The molecule has 24 heavy (non-hydrogen) atoms. The molecule has 0 radical (unpaired) electrons. The Morgan fingerprint density at radius 1 is 1.08 bits per heavy atom. The van der Waals surface area contributed by atoms with Gasteiger partial charge in [-0.2, -0.15) is 13.2 Å². The van der Waals surface area contributed by atoms with Gasteiger partial charge in [-0.25, -0.2) is 4.39 Å². The molecule has 0 unspecified atom stereocenters. The highest BCUT2D eigenvalue weighted by Crippen LogP contribution is 2.41. The normalized spacial score (nSPS) is 17.3. The van der Waals surface area contributed by atoms with Crippen molar-refractivity contribution in [2.75, 3.05) is 26.2 Å². The third-order valence-corrected chi connectivity index (χ3v) is 4.88. The predicted octanol–water partition coefficient (Wildman–Crippen LogP) is 4.32. The summed E-state index contributed by atoms with van der Waals surface area (Å²) in [5.74, 6) is -1.22. The Morgan fingerprint density at radius 3 is 2.38 bits per heavy atom. The number of rotatable bonds is 3. The van der Waals surface area contributed by atoms with Crippen molar-refractivity contribution in [3.8, 4) is 0 Å². The van der Waals surface area contributed by atoms with E-state index in [4.69, 9.17) is 0 Å². The fourth-order valence-electron chi connectivity index (χ4n) is 2.98. The van der Waals surface area contributed by atoms with Gasteiger partial charge in [0.1, 0.15) is 5.82 Å². The van der Waals surface area contributed by atoms with Gasteiger partial charge in [-0.15, -0.1) is 23.7 Å². The zero-order valence-corrected chi connectivity index (χ0v) is 14.3. The van der Waals surface area contributed by atoms with E-state index < -0.39 is 23.6 Å². The third kappa shape index (κ3) is 3.91. The fourth-order valence-corrected chi connectivity index (χ4v) is 3.86. The van der Waals surface area contributed by atoms with E-state index in [-0.39, 0.29) is 18.0 Å². The molecule has 3 rings (SSSR count). The summed E-state index contributed by atoms with van der Waals surface area (Å²) in [6, 6.07) is 6.64. The molecule has 0 amide bonds. The minimum absolute atomic E-state index is 0. The van der Waals surface area contributed by atoms with E-state index in [0.29, 0.717) is 26.2 Å². The zero-order chi connectivity index (χ0) is 16.4. The standard InChI is InChI=1S/C16H16F4N2S.ClH/c17-12-4-1-3-11(14(12)16(18,19)20)15(13-5-2-10-23-13)22-8-6-21-7-9-22;/h1-5,10,15,21H,6-9H2;1H/t15-;/m1./s1. The minimum Gasteiger partial charge on any atom is -0.314 e. The van der Waals surface area contributed by atoms with Crippen LogP contribution in [0.2, 0.25) is 0 Å². The molecule has 2 heterocycles. The smallest absolute Gasteiger partial charge is 0.314 e. The van der Waals surface area contributed by atoms with Crippen LogP contribution in [0.3, 0.4) is 0 Å². The second kappa shape index (κ2) is 7.82. The van der Waals surface area contributed by atoms with Crippen LogP contribution in [0.25, 0.3) is 0 Å². The second-order valence-corrected chi connectivity index (χ2v) is 6.39. The summed E-state index contributed by atoms with van der Waals surface area (Å²) in [5.41, 5.74) is -1.17. The van der Waals surface area contributed by atoms with Crippen LogP contribution in [0.15, 0.2) is 35.7 Å². The van der Waals surface area contributed by atoms with Crippen LogP contribution in [0.4, 0.5) is 17.6 Å². The molecule has 2 aromatic rings. The molecule has 1 N–H and O–H groups in total. The number of nitrogens with zero attached hydrogens (tertiary/aromatic N) is 1. The SMILES string of the molecule is Cl.Fc1cccc([C@H](c2cccs2)N2CCNCC2)c1C(F)(F)F. The number of benzene rings is 1. The number of hydrogen-bond acceptors (Lipinski definition) is 3. The Labute approximate surface area is 147 Å². The first-order valence-corrected chi connectivity index (χ1v) is 8.20. The fraction of sp³-hybridized carbons (Fsp3) is 0.375. The van der Waals surface area contributed by atoms with Crippen molar-refractivity contribution >= 4 is 23.7 Å². The molecule has 132 valence electrons. The average molecular weight is 381 g/mol. The quantitative estimate of drug-likeness (QED) is 0.798. The van der Waals surface area contributed by atoms with Crippen molar-refractivity contribution in [1.29, 1.82) is 0 Å². The Morgan fingerprint density at radius 2 is 1.79 bits per heavy atom. The lowest BCUT2D eigenvalue weighted by Crippen LogP contribution is -2.45. The van der Waals surface area contributed by atoms with Gasteiger partial charge in [-0.3, -0.25) is 4.90 Å². The summed E-state index contributed by atoms with van der Waals surface area (Å²) < 4.78 is 54.2. The first-order chi connectivity index (χ1) is 11.0.